The van der Waals surface area contributed by atoms with Gasteiger partial charge in [0.2, 0.25) is 5.82 Å². The number of aryl methyl sites for hydroxylation is 1. The minimum Gasteiger partial charge on any atom is -0.332 e. The molecular weight excluding hydrogens is 242 g/mol. The monoisotopic (exact) mass is 247 g/mol. The van der Waals surface area contributed by atoms with Crippen molar-refractivity contribution in [1.82, 2.24) is 15.1 Å². The molecule has 0 aliphatic heterocycles. The molecule has 0 aliphatic rings. The van der Waals surface area contributed by atoms with Gasteiger partial charge >= 0.3 is 11.3 Å². The summed E-state index contributed by atoms with van der Waals surface area (Å²) in [5.74, 6) is -0.0651. The van der Waals surface area contributed by atoms with Gasteiger partial charge in [-0.15, -0.1) is 0 Å². The van der Waals surface area contributed by atoms with Crippen LogP contribution < -0.4 is 5.63 Å². The Balaban J connectivity index is 2.67. The second-order valence-corrected chi connectivity index (χ2v) is 3.28. The van der Waals surface area contributed by atoms with Gasteiger partial charge in [-0.05, 0) is 6.92 Å². The van der Waals surface area contributed by atoms with Crippen molar-refractivity contribution in [1.29, 1.82) is 5.26 Å². The summed E-state index contributed by atoms with van der Waals surface area (Å²) < 4.78 is 4.38. The molecule has 2 rings (SSSR count). The van der Waals surface area contributed by atoms with Gasteiger partial charge < -0.3 is 4.52 Å². The van der Waals surface area contributed by atoms with Gasteiger partial charge in [-0.3, -0.25) is 10.1 Å². The maximum absolute atomic E-state index is 11.2. The van der Waals surface area contributed by atoms with E-state index in [1.807, 2.05) is 0 Å². The van der Waals surface area contributed by atoms with Gasteiger partial charge in [0.25, 0.3) is 0 Å². The van der Waals surface area contributed by atoms with E-state index in [0.717, 1.165) is 0 Å². The lowest BCUT2D eigenvalue weighted by molar-refractivity contribution is -0.385. The van der Waals surface area contributed by atoms with Crippen LogP contribution in [0.1, 0.15) is 11.5 Å². The van der Waals surface area contributed by atoms with Crippen LogP contribution in [0, 0.1) is 28.4 Å². The van der Waals surface area contributed by atoms with Gasteiger partial charge in [-0.2, -0.15) is 5.26 Å². The first-order chi connectivity index (χ1) is 8.54. The fourth-order valence-corrected chi connectivity index (χ4v) is 1.41. The van der Waals surface area contributed by atoms with Crippen LogP contribution in [0.15, 0.2) is 15.5 Å². The molecule has 0 aromatic carbocycles. The lowest BCUT2D eigenvalue weighted by Crippen LogP contribution is -2.03. The van der Waals surface area contributed by atoms with Crippen LogP contribution in [-0.4, -0.2) is 20.0 Å². The van der Waals surface area contributed by atoms with Gasteiger partial charge in [0.05, 0.1) is 10.6 Å². The summed E-state index contributed by atoms with van der Waals surface area (Å²) in [6, 6.07) is 1.74. The van der Waals surface area contributed by atoms with Crippen LogP contribution in [0.2, 0.25) is 0 Å². The summed E-state index contributed by atoms with van der Waals surface area (Å²) in [6.07, 6.45) is 1.22. The second kappa shape index (κ2) is 4.10. The molecule has 0 fully saturated rings. The zero-order valence-corrected chi connectivity index (χ0v) is 9.00. The molecule has 2 aromatic heterocycles. The highest BCUT2D eigenvalue weighted by atomic mass is 16.6. The van der Waals surface area contributed by atoms with Crippen LogP contribution >= 0.6 is 0 Å². The third kappa shape index (κ3) is 1.71. The maximum atomic E-state index is 11.2. The fourth-order valence-electron chi connectivity index (χ4n) is 1.41. The molecule has 9 heteroatoms. The highest BCUT2D eigenvalue weighted by molar-refractivity contribution is 5.69. The number of hydrogen-bond donors (Lipinski definition) is 1. The van der Waals surface area contributed by atoms with Crippen molar-refractivity contribution in [2.45, 2.75) is 6.92 Å². The topological polar surface area (TPSA) is 139 Å². The smallest absolute Gasteiger partial charge is 0.332 e. The molecule has 90 valence electrons. The first-order valence-electron chi connectivity index (χ1n) is 4.64. The van der Waals surface area contributed by atoms with Gasteiger partial charge in [-0.1, -0.05) is 0 Å². The first-order valence-corrected chi connectivity index (χ1v) is 4.64. The highest BCUT2D eigenvalue weighted by Gasteiger charge is 2.26. The molecule has 0 amide bonds. The van der Waals surface area contributed by atoms with E-state index in [9.17, 15) is 14.9 Å². The van der Waals surface area contributed by atoms with Crippen molar-refractivity contribution in [3.05, 3.63) is 38.2 Å². The Morgan fingerprint density at radius 1 is 1.61 bits per heavy atom. The van der Waals surface area contributed by atoms with Crippen LogP contribution in [0.5, 0.6) is 0 Å². The quantitative estimate of drug-likeness (QED) is 0.602. The number of aromatic nitrogens is 3. The Bertz CT molecular complexity index is 723. The molecule has 0 unspecified atom stereocenters. The molecule has 9 nitrogen and oxygen atoms in total. The number of aromatic amines is 1. The van der Waals surface area contributed by atoms with Crippen molar-refractivity contribution in [2.75, 3.05) is 0 Å². The first kappa shape index (κ1) is 11.5. The molecule has 18 heavy (non-hydrogen) atoms. The molecule has 0 bridgehead atoms. The summed E-state index contributed by atoms with van der Waals surface area (Å²) >= 11 is 0. The predicted octanol–water partition coefficient (Wildman–Crippen LogP) is 0.513. The molecule has 0 radical (unpaired) electrons. The average Bonchev–Trinajstić information content (AvgIpc) is 2.70. The standard InChI is InChI=1S/C9H5N5O4/c1-4-5(3-11-6(2-10)12-4)7-8(14(16)17)9(15)18-13-7/h3,13H,1H3. The second-order valence-electron chi connectivity index (χ2n) is 3.28. The Hall–Kier alpha value is -3.02. The molecule has 1 N–H and O–H groups in total. The van der Waals surface area contributed by atoms with E-state index in [0.29, 0.717) is 5.69 Å². The van der Waals surface area contributed by atoms with Gasteiger partial charge in [0.1, 0.15) is 6.07 Å². The molecule has 2 heterocycles. The molecule has 0 spiro atoms. The van der Waals surface area contributed by atoms with Crippen LogP contribution in [0.25, 0.3) is 11.3 Å². The number of H-pyrrole nitrogens is 1. The number of hydrogen-bond acceptors (Lipinski definition) is 7. The lowest BCUT2D eigenvalue weighted by Gasteiger charge is -2.00. The molecular formula is C9H5N5O4. The number of rotatable bonds is 2. The summed E-state index contributed by atoms with van der Waals surface area (Å²) in [7, 11) is 0. The number of nitriles is 1. The van der Waals surface area contributed by atoms with Crippen molar-refractivity contribution in [3.8, 4) is 17.3 Å². The third-order valence-electron chi connectivity index (χ3n) is 2.21. The van der Waals surface area contributed by atoms with Crippen molar-refractivity contribution in [3.63, 3.8) is 0 Å². The van der Waals surface area contributed by atoms with Gasteiger partial charge in [0.15, 0.2) is 5.69 Å². The molecule has 0 saturated carbocycles. The Morgan fingerprint density at radius 2 is 2.33 bits per heavy atom. The minimum atomic E-state index is -1.08. The van der Waals surface area contributed by atoms with E-state index in [4.69, 9.17) is 5.26 Å². The molecule has 0 saturated heterocycles. The zero-order valence-electron chi connectivity index (χ0n) is 9.00. The molecule has 0 aliphatic carbocycles. The van der Waals surface area contributed by atoms with E-state index in [-0.39, 0.29) is 17.1 Å². The lowest BCUT2D eigenvalue weighted by atomic mass is 10.1. The van der Waals surface area contributed by atoms with E-state index in [1.54, 1.807) is 6.07 Å². The van der Waals surface area contributed by atoms with Crippen molar-refractivity contribution >= 4 is 5.69 Å². The van der Waals surface area contributed by atoms with Crippen LogP contribution in [0.3, 0.4) is 0 Å². The number of nitro groups is 1. The van der Waals surface area contributed by atoms with Crippen molar-refractivity contribution < 1.29 is 9.45 Å². The third-order valence-corrected chi connectivity index (χ3v) is 2.21. The predicted molar refractivity (Wildman–Crippen MR) is 56.5 cm³/mol. The van der Waals surface area contributed by atoms with Crippen molar-refractivity contribution in [2.24, 2.45) is 0 Å². The minimum absolute atomic E-state index is 0.0651. The molecule has 0 atom stereocenters. The number of nitrogens with zero attached hydrogens (tertiary/aromatic N) is 4. The van der Waals surface area contributed by atoms with Crippen LogP contribution in [0.4, 0.5) is 5.69 Å². The number of nitrogens with one attached hydrogen (secondary N) is 1. The van der Waals surface area contributed by atoms with Gasteiger partial charge in [-0.25, -0.2) is 19.9 Å². The summed E-state index contributed by atoms with van der Waals surface area (Å²) in [6.45, 7) is 1.53. The molecule has 2 aromatic rings. The van der Waals surface area contributed by atoms with Gasteiger partial charge in [0, 0.05) is 11.8 Å². The normalized spacial score (nSPS) is 10.0. The van der Waals surface area contributed by atoms with E-state index >= 15 is 0 Å². The SMILES string of the molecule is Cc1nc(C#N)ncc1-c1[nH]oc(=O)c1[N+](=O)[O-]. The summed E-state index contributed by atoms with van der Waals surface area (Å²) in [5, 5.41) is 21.5. The maximum Gasteiger partial charge on any atom is 0.436 e. The van der Waals surface area contributed by atoms with E-state index in [1.165, 1.54) is 13.1 Å². The summed E-state index contributed by atoms with van der Waals surface area (Å²) in [4.78, 5) is 28.6. The Labute approximate surface area is 98.8 Å². The fraction of sp³-hybridized carbons (Fsp3) is 0.111. The Kier molecular flexibility index (Phi) is 2.61. The Morgan fingerprint density at radius 3 is 2.89 bits per heavy atom. The highest BCUT2D eigenvalue weighted by Crippen LogP contribution is 2.26. The summed E-state index contributed by atoms with van der Waals surface area (Å²) in [5.41, 5.74) is -1.37. The largest absolute Gasteiger partial charge is 0.436 e. The van der Waals surface area contributed by atoms with E-state index in [2.05, 4.69) is 19.6 Å². The van der Waals surface area contributed by atoms with E-state index < -0.39 is 16.2 Å². The zero-order chi connectivity index (χ0) is 13.3. The average molecular weight is 247 g/mol. The van der Waals surface area contributed by atoms with Crippen LogP contribution in [-0.2, 0) is 0 Å².